The third kappa shape index (κ3) is 6.36. The van der Waals surface area contributed by atoms with Crippen molar-refractivity contribution in [3.8, 4) is 5.75 Å². The monoisotopic (exact) mass is 375 g/mol. The average molecular weight is 375 g/mol. The van der Waals surface area contributed by atoms with Gasteiger partial charge in [-0.05, 0) is 31.0 Å². The molecule has 0 spiro atoms. The Morgan fingerprint density at radius 3 is 2.69 bits per heavy atom. The number of rotatable bonds is 8. The molecule has 1 amide bonds. The van der Waals surface area contributed by atoms with Crippen LogP contribution in [-0.4, -0.2) is 49.0 Å². The largest absolute Gasteiger partial charge is 0.484 e. The summed E-state index contributed by atoms with van der Waals surface area (Å²) >= 11 is 1.65. The van der Waals surface area contributed by atoms with E-state index in [9.17, 15) is 4.79 Å². The summed E-state index contributed by atoms with van der Waals surface area (Å²) in [6, 6.07) is 7.62. The molecule has 0 fully saturated rings. The van der Waals surface area contributed by atoms with Gasteiger partial charge in [-0.3, -0.25) is 9.79 Å². The summed E-state index contributed by atoms with van der Waals surface area (Å²) in [6.07, 6.45) is 0.846. The number of guanidine groups is 1. The van der Waals surface area contributed by atoms with Gasteiger partial charge in [0, 0.05) is 26.0 Å². The number of thiazole rings is 1. The van der Waals surface area contributed by atoms with E-state index in [-0.39, 0.29) is 6.61 Å². The van der Waals surface area contributed by atoms with Crippen LogP contribution in [0.15, 0.2) is 34.6 Å². The molecule has 0 unspecified atom stereocenters. The van der Waals surface area contributed by atoms with Crippen molar-refractivity contribution in [1.82, 2.24) is 15.2 Å². The van der Waals surface area contributed by atoms with Crippen molar-refractivity contribution in [3.63, 3.8) is 0 Å². The lowest BCUT2D eigenvalue weighted by molar-refractivity contribution is -0.119. The minimum atomic E-state index is -0.485. The van der Waals surface area contributed by atoms with Crippen molar-refractivity contribution in [3.05, 3.63) is 45.9 Å². The molecule has 8 heteroatoms. The van der Waals surface area contributed by atoms with Crippen LogP contribution in [-0.2, 0) is 17.8 Å². The van der Waals surface area contributed by atoms with Gasteiger partial charge in [0.25, 0.3) is 5.91 Å². The minimum Gasteiger partial charge on any atom is -0.484 e. The van der Waals surface area contributed by atoms with Crippen LogP contribution in [0.2, 0.25) is 0 Å². The average Bonchev–Trinajstić information content (AvgIpc) is 3.02. The van der Waals surface area contributed by atoms with Crippen LogP contribution >= 0.6 is 11.3 Å². The highest BCUT2D eigenvalue weighted by molar-refractivity contribution is 7.09. The van der Waals surface area contributed by atoms with Crippen LogP contribution in [0.1, 0.15) is 16.3 Å². The predicted molar refractivity (Wildman–Crippen MR) is 105 cm³/mol. The van der Waals surface area contributed by atoms with Crippen LogP contribution in [0.25, 0.3) is 0 Å². The third-order valence-corrected chi connectivity index (χ3v) is 4.46. The van der Waals surface area contributed by atoms with E-state index in [1.165, 1.54) is 0 Å². The van der Waals surface area contributed by atoms with Crippen LogP contribution in [0.3, 0.4) is 0 Å². The Bertz CT molecular complexity index is 742. The molecule has 3 N–H and O–H groups in total. The molecule has 1 heterocycles. The molecule has 0 aliphatic carbocycles. The van der Waals surface area contributed by atoms with Crippen LogP contribution in [0.4, 0.5) is 0 Å². The highest BCUT2D eigenvalue weighted by Crippen LogP contribution is 2.12. The van der Waals surface area contributed by atoms with Gasteiger partial charge in [0.1, 0.15) is 5.75 Å². The predicted octanol–water partition coefficient (Wildman–Crippen LogP) is 1.57. The molecule has 7 nitrogen and oxygen atoms in total. The van der Waals surface area contributed by atoms with Gasteiger partial charge >= 0.3 is 0 Å². The quantitative estimate of drug-likeness (QED) is 0.540. The Labute approximate surface area is 157 Å². The molecular formula is C18H25N5O2S. The fraction of sp³-hybridized carbons (Fsp3) is 0.389. The molecule has 0 radical (unpaired) electrons. The zero-order chi connectivity index (χ0) is 18.9. The number of carbonyl (C=O) groups is 1. The number of nitrogens with two attached hydrogens (primary N) is 1. The lowest BCUT2D eigenvalue weighted by Crippen LogP contribution is -2.39. The van der Waals surface area contributed by atoms with Gasteiger partial charge in [0.15, 0.2) is 12.6 Å². The fourth-order valence-corrected chi connectivity index (χ4v) is 3.01. The molecule has 1 aromatic carbocycles. The Hall–Kier alpha value is -2.61. The number of hydrogen-bond acceptors (Lipinski definition) is 5. The van der Waals surface area contributed by atoms with E-state index in [0.29, 0.717) is 5.75 Å². The van der Waals surface area contributed by atoms with E-state index < -0.39 is 5.91 Å². The summed E-state index contributed by atoms with van der Waals surface area (Å²) in [6.45, 7) is 3.37. The number of primary amides is 1. The number of aryl methyl sites for hydroxylation is 1. The maximum absolute atomic E-state index is 10.7. The Morgan fingerprint density at radius 2 is 2.12 bits per heavy atom. The first kappa shape index (κ1) is 19.7. The first-order valence-electron chi connectivity index (χ1n) is 8.30. The van der Waals surface area contributed by atoms with Crippen molar-refractivity contribution in [2.45, 2.75) is 19.9 Å². The molecule has 26 heavy (non-hydrogen) atoms. The second kappa shape index (κ2) is 9.76. The van der Waals surface area contributed by atoms with Crippen LogP contribution in [0, 0.1) is 6.92 Å². The van der Waals surface area contributed by atoms with Gasteiger partial charge < -0.3 is 20.7 Å². The van der Waals surface area contributed by atoms with E-state index >= 15 is 0 Å². The van der Waals surface area contributed by atoms with Crippen molar-refractivity contribution in [2.75, 3.05) is 27.2 Å². The minimum absolute atomic E-state index is 0.109. The van der Waals surface area contributed by atoms with Crippen molar-refractivity contribution >= 4 is 23.2 Å². The molecule has 2 rings (SSSR count). The number of nitrogens with zero attached hydrogens (tertiary/aromatic N) is 3. The lowest BCUT2D eigenvalue weighted by Gasteiger charge is -2.21. The van der Waals surface area contributed by atoms with E-state index in [2.05, 4.69) is 25.6 Å². The number of carbonyl (C=O) groups excluding carboxylic acids is 1. The first-order valence-corrected chi connectivity index (χ1v) is 9.18. The number of amides is 1. The molecular weight excluding hydrogens is 350 g/mol. The fourth-order valence-electron chi connectivity index (χ4n) is 2.41. The molecule has 1 aromatic heterocycles. The maximum atomic E-state index is 10.7. The first-order chi connectivity index (χ1) is 12.5. The smallest absolute Gasteiger partial charge is 0.255 e. The number of nitrogens with one attached hydrogen (secondary N) is 1. The van der Waals surface area contributed by atoms with Crippen molar-refractivity contribution in [2.24, 2.45) is 10.7 Å². The number of hydrogen-bond donors (Lipinski definition) is 2. The molecule has 0 saturated carbocycles. The summed E-state index contributed by atoms with van der Waals surface area (Å²) in [5, 5.41) is 6.50. The summed E-state index contributed by atoms with van der Waals surface area (Å²) in [4.78, 5) is 21.6. The lowest BCUT2D eigenvalue weighted by atomic mass is 10.1. The summed E-state index contributed by atoms with van der Waals surface area (Å²) in [7, 11) is 3.77. The van der Waals surface area contributed by atoms with E-state index in [1.807, 2.05) is 38.2 Å². The van der Waals surface area contributed by atoms with E-state index in [1.54, 1.807) is 18.4 Å². The summed E-state index contributed by atoms with van der Waals surface area (Å²) < 4.78 is 5.25. The number of aliphatic imine (C=N–C) groups is 1. The van der Waals surface area contributed by atoms with Crippen molar-refractivity contribution < 1.29 is 9.53 Å². The van der Waals surface area contributed by atoms with Gasteiger partial charge in [-0.25, -0.2) is 4.98 Å². The standard InChI is InChI=1S/C18H25N5O2S/c1-13-22-15(12-26-13)10-23(3)18(20-2)21-9-8-14-4-6-16(7-5-14)25-11-17(19)24/h4-7,12H,8-11H2,1-3H3,(H2,19,24)(H,20,21). The van der Waals surface area contributed by atoms with E-state index in [4.69, 9.17) is 10.5 Å². The summed E-state index contributed by atoms with van der Waals surface area (Å²) in [5.41, 5.74) is 7.27. The molecule has 0 aliphatic heterocycles. The van der Waals surface area contributed by atoms with Gasteiger partial charge in [-0.1, -0.05) is 12.1 Å². The highest BCUT2D eigenvalue weighted by Gasteiger charge is 2.08. The Kier molecular flexibility index (Phi) is 7.40. The van der Waals surface area contributed by atoms with Crippen LogP contribution < -0.4 is 15.8 Å². The topological polar surface area (TPSA) is 92.8 Å². The zero-order valence-corrected chi connectivity index (χ0v) is 16.2. The SMILES string of the molecule is CN=C(NCCc1ccc(OCC(N)=O)cc1)N(C)Cc1csc(C)n1. The number of aromatic nitrogens is 1. The van der Waals surface area contributed by atoms with Gasteiger partial charge in [-0.15, -0.1) is 11.3 Å². The van der Waals surface area contributed by atoms with Crippen LogP contribution in [0.5, 0.6) is 5.75 Å². The van der Waals surface area contributed by atoms with E-state index in [0.717, 1.165) is 41.7 Å². The normalized spacial score (nSPS) is 11.3. The molecule has 140 valence electrons. The molecule has 2 aromatic rings. The molecule has 0 atom stereocenters. The van der Waals surface area contributed by atoms with Crippen molar-refractivity contribution in [1.29, 1.82) is 0 Å². The number of benzene rings is 1. The molecule has 0 saturated heterocycles. The maximum Gasteiger partial charge on any atom is 0.255 e. The third-order valence-electron chi connectivity index (χ3n) is 3.64. The second-order valence-corrected chi connectivity index (χ2v) is 6.90. The second-order valence-electron chi connectivity index (χ2n) is 5.84. The van der Waals surface area contributed by atoms with Gasteiger partial charge in [0.05, 0.1) is 17.2 Å². The molecule has 0 aliphatic rings. The zero-order valence-electron chi connectivity index (χ0n) is 15.4. The summed E-state index contributed by atoms with van der Waals surface area (Å²) in [5.74, 6) is 0.980. The Balaban J connectivity index is 1.78. The highest BCUT2D eigenvalue weighted by atomic mass is 32.1. The van der Waals surface area contributed by atoms with Gasteiger partial charge in [-0.2, -0.15) is 0 Å². The Morgan fingerprint density at radius 1 is 1.38 bits per heavy atom. The van der Waals surface area contributed by atoms with Gasteiger partial charge in [0.2, 0.25) is 0 Å². The number of ether oxygens (including phenoxy) is 1. The molecule has 0 bridgehead atoms.